The summed E-state index contributed by atoms with van der Waals surface area (Å²) in [6.07, 6.45) is -2.93. The van der Waals surface area contributed by atoms with E-state index < -0.39 is 24.7 Å². The SMILES string of the molecule is O=C(OCCN1CCCCC1)C(F)(F)C(F)(F)F. The first-order valence-corrected chi connectivity index (χ1v) is 5.59. The molecule has 1 heterocycles. The van der Waals surface area contributed by atoms with Crippen molar-refractivity contribution in [1.29, 1.82) is 0 Å². The highest BCUT2D eigenvalue weighted by Gasteiger charge is 2.64. The second-order valence-corrected chi connectivity index (χ2v) is 4.11. The monoisotopic (exact) mass is 275 g/mol. The molecule has 0 saturated carbocycles. The molecule has 1 rings (SSSR count). The minimum atomic E-state index is -5.91. The third-order valence-electron chi connectivity index (χ3n) is 2.70. The Kier molecular flexibility index (Phi) is 4.89. The molecule has 0 spiro atoms. The van der Waals surface area contributed by atoms with E-state index in [1.807, 2.05) is 4.90 Å². The fourth-order valence-electron chi connectivity index (χ4n) is 1.66. The zero-order valence-electron chi connectivity index (χ0n) is 9.60. The molecule has 8 heteroatoms. The van der Waals surface area contributed by atoms with E-state index in [-0.39, 0.29) is 6.54 Å². The third-order valence-corrected chi connectivity index (χ3v) is 2.70. The van der Waals surface area contributed by atoms with Gasteiger partial charge in [0.2, 0.25) is 0 Å². The predicted octanol–water partition coefficient (Wildman–Crippen LogP) is 2.21. The maximum absolute atomic E-state index is 12.5. The minimum Gasteiger partial charge on any atom is -0.460 e. The van der Waals surface area contributed by atoms with E-state index in [1.165, 1.54) is 0 Å². The molecule has 0 atom stereocenters. The van der Waals surface area contributed by atoms with Crippen molar-refractivity contribution >= 4 is 5.97 Å². The van der Waals surface area contributed by atoms with Crippen LogP contribution in [0.25, 0.3) is 0 Å². The number of hydrogen-bond acceptors (Lipinski definition) is 3. The summed E-state index contributed by atoms with van der Waals surface area (Å²) in [5, 5.41) is 0. The number of likely N-dealkylation sites (tertiary alicyclic amines) is 1. The van der Waals surface area contributed by atoms with E-state index in [4.69, 9.17) is 0 Å². The molecule has 0 amide bonds. The maximum Gasteiger partial charge on any atom is 0.465 e. The van der Waals surface area contributed by atoms with Crippen molar-refractivity contribution < 1.29 is 31.5 Å². The second kappa shape index (κ2) is 5.81. The lowest BCUT2D eigenvalue weighted by Crippen LogP contribution is -2.46. The Morgan fingerprint density at radius 1 is 1.06 bits per heavy atom. The first kappa shape index (κ1) is 15.1. The van der Waals surface area contributed by atoms with E-state index in [0.29, 0.717) is 0 Å². The Labute approximate surface area is 101 Å². The van der Waals surface area contributed by atoms with Crippen molar-refractivity contribution in [2.45, 2.75) is 31.4 Å². The van der Waals surface area contributed by atoms with Gasteiger partial charge in [-0.05, 0) is 25.9 Å². The highest BCUT2D eigenvalue weighted by Crippen LogP contribution is 2.36. The van der Waals surface area contributed by atoms with E-state index in [1.54, 1.807) is 0 Å². The normalized spacial score (nSPS) is 18.7. The Bertz CT molecular complexity index is 286. The van der Waals surface area contributed by atoms with Gasteiger partial charge < -0.3 is 4.74 Å². The molecule has 0 aromatic heterocycles. The van der Waals surface area contributed by atoms with E-state index in [9.17, 15) is 26.7 Å². The number of nitrogens with zero attached hydrogens (tertiary/aromatic N) is 1. The van der Waals surface area contributed by atoms with Crippen LogP contribution in [0, 0.1) is 0 Å². The molecule has 0 aromatic carbocycles. The van der Waals surface area contributed by atoms with Crippen LogP contribution in [0.3, 0.4) is 0 Å². The van der Waals surface area contributed by atoms with Gasteiger partial charge in [0.25, 0.3) is 0 Å². The van der Waals surface area contributed by atoms with E-state index in [0.717, 1.165) is 32.4 Å². The predicted molar refractivity (Wildman–Crippen MR) is 52.3 cm³/mol. The second-order valence-electron chi connectivity index (χ2n) is 4.11. The molecule has 1 aliphatic rings. The van der Waals surface area contributed by atoms with Crippen LogP contribution in [0.1, 0.15) is 19.3 Å². The maximum atomic E-state index is 12.5. The van der Waals surface area contributed by atoms with Crippen molar-refractivity contribution in [3.05, 3.63) is 0 Å². The quantitative estimate of drug-likeness (QED) is 0.582. The Hall–Kier alpha value is -0.920. The smallest absolute Gasteiger partial charge is 0.460 e. The van der Waals surface area contributed by atoms with Crippen LogP contribution in [0.5, 0.6) is 0 Å². The summed E-state index contributed by atoms with van der Waals surface area (Å²) in [6, 6.07) is 0. The van der Waals surface area contributed by atoms with Crippen LogP contribution in [0.4, 0.5) is 22.0 Å². The van der Waals surface area contributed by atoms with Crippen molar-refractivity contribution in [1.82, 2.24) is 4.90 Å². The third kappa shape index (κ3) is 3.79. The lowest BCUT2D eigenvalue weighted by atomic mass is 10.1. The number of alkyl halides is 5. The van der Waals surface area contributed by atoms with Gasteiger partial charge in [-0.3, -0.25) is 4.90 Å². The largest absolute Gasteiger partial charge is 0.465 e. The summed E-state index contributed by atoms with van der Waals surface area (Å²) in [5.41, 5.74) is 0. The van der Waals surface area contributed by atoms with Crippen LogP contribution in [0.2, 0.25) is 0 Å². The molecule has 0 N–H and O–H groups in total. The molecule has 18 heavy (non-hydrogen) atoms. The van der Waals surface area contributed by atoms with Gasteiger partial charge in [-0.2, -0.15) is 22.0 Å². The lowest BCUT2D eigenvalue weighted by Gasteiger charge is -2.26. The summed E-state index contributed by atoms with van der Waals surface area (Å²) in [6.45, 7) is 1.21. The Morgan fingerprint density at radius 3 is 2.11 bits per heavy atom. The lowest BCUT2D eigenvalue weighted by molar-refractivity contribution is -0.280. The number of carbonyl (C=O) groups is 1. The van der Waals surface area contributed by atoms with Gasteiger partial charge in [-0.15, -0.1) is 0 Å². The fraction of sp³-hybridized carbons (Fsp3) is 0.900. The number of piperidine rings is 1. The summed E-state index contributed by atoms with van der Waals surface area (Å²) in [7, 11) is 0. The van der Waals surface area contributed by atoms with Crippen LogP contribution >= 0.6 is 0 Å². The summed E-state index contributed by atoms with van der Waals surface area (Å²) >= 11 is 0. The first-order chi connectivity index (χ1) is 8.25. The molecule has 0 radical (unpaired) electrons. The topological polar surface area (TPSA) is 29.5 Å². The van der Waals surface area contributed by atoms with E-state index in [2.05, 4.69) is 4.74 Å². The van der Waals surface area contributed by atoms with E-state index >= 15 is 0 Å². The molecule has 106 valence electrons. The highest BCUT2D eigenvalue weighted by atomic mass is 19.4. The Balaban J connectivity index is 2.32. The molecule has 0 bridgehead atoms. The number of carbonyl (C=O) groups excluding carboxylic acids is 1. The van der Waals surface area contributed by atoms with Gasteiger partial charge in [0.1, 0.15) is 6.61 Å². The van der Waals surface area contributed by atoms with Crippen molar-refractivity contribution in [3.8, 4) is 0 Å². The van der Waals surface area contributed by atoms with Crippen LogP contribution in [-0.2, 0) is 9.53 Å². The molecule has 1 aliphatic heterocycles. The summed E-state index contributed by atoms with van der Waals surface area (Å²) < 4.78 is 64.4. The molecule has 0 aromatic rings. The number of ether oxygens (including phenoxy) is 1. The van der Waals surface area contributed by atoms with Gasteiger partial charge in [0.15, 0.2) is 0 Å². The van der Waals surface area contributed by atoms with Gasteiger partial charge in [-0.1, -0.05) is 6.42 Å². The van der Waals surface area contributed by atoms with Crippen molar-refractivity contribution in [2.75, 3.05) is 26.2 Å². The molecular weight excluding hydrogens is 261 g/mol. The first-order valence-electron chi connectivity index (χ1n) is 5.59. The minimum absolute atomic E-state index is 0.180. The standard InChI is InChI=1S/C10H14F5NO2/c11-9(12,10(13,14)15)8(17)18-7-6-16-4-2-1-3-5-16/h1-7H2. The number of hydrogen-bond donors (Lipinski definition) is 0. The summed E-state index contributed by atoms with van der Waals surface area (Å²) in [5.74, 6) is -7.97. The molecule has 1 fully saturated rings. The highest BCUT2D eigenvalue weighted by molar-refractivity contribution is 5.78. The molecule has 3 nitrogen and oxygen atoms in total. The molecule has 0 aliphatic carbocycles. The number of halogens is 5. The van der Waals surface area contributed by atoms with Crippen molar-refractivity contribution in [3.63, 3.8) is 0 Å². The number of esters is 1. The van der Waals surface area contributed by atoms with Crippen LogP contribution < -0.4 is 0 Å². The van der Waals surface area contributed by atoms with Gasteiger partial charge >= 0.3 is 18.1 Å². The van der Waals surface area contributed by atoms with Crippen molar-refractivity contribution in [2.24, 2.45) is 0 Å². The van der Waals surface area contributed by atoms with Crippen LogP contribution in [-0.4, -0.2) is 49.2 Å². The zero-order valence-corrected chi connectivity index (χ0v) is 9.60. The Morgan fingerprint density at radius 2 is 1.61 bits per heavy atom. The van der Waals surface area contributed by atoms with Gasteiger partial charge in [0.05, 0.1) is 0 Å². The average molecular weight is 275 g/mol. The van der Waals surface area contributed by atoms with Gasteiger partial charge in [0, 0.05) is 6.54 Å². The molecule has 0 unspecified atom stereocenters. The fourth-order valence-corrected chi connectivity index (χ4v) is 1.66. The average Bonchev–Trinajstić information content (AvgIpc) is 2.28. The van der Waals surface area contributed by atoms with Gasteiger partial charge in [-0.25, -0.2) is 4.79 Å². The number of rotatable bonds is 4. The molecule has 1 saturated heterocycles. The zero-order chi connectivity index (χ0) is 13.8. The molecular formula is C10H14F5NO2. The summed E-state index contributed by atoms with van der Waals surface area (Å²) in [4.78, 5) is 12.5. The van der Waals surface area contributed by atoms with Crippen LogP contribution in [0.15, 0.2) is 0 Å².